The standard InChI is InChI=1S/C21H20Cl2N2O4/c1-4-5-13-10-20(25(24-13)14-6-9-17(22)18(23)11-14)29-21(26)16-8-7-15(27-2)12-19(16)28-3/h6-12H,4-5H2,1-3H3. The Morgan fingerprint density at radius 1 is 1.03 bits per heavy atom. The highest BCUT2D eigenvalue weighted by atomic mass is 35.5. The van der Waals surface area contributed by atoms with Gasteiger partial charge in [0.05, 0.1) is 35.6 Å². The van der Waals surface area contributed by atoms with Crippen LogP contribution in [0.4, 0.5) is 0 Å². The van der Waals surface area contributed by atoms with E-state index in [2.05, 4.69) is 5.10 Å². The minimum atomic E-state index is -0.575. The number of methoxy groups -OCH3 is 2. The SMILES string of the molecule is CCCc1cc(OC(=O)c2ccc(OC)cc2OC)n(-c2ccc(Cl)c(Cl)c2)n1. The zero-order valence-electron chi connectivity index (χ0n) is 16.2. The summed E-state index contributed by atoms with van der Waals surface area (Å²) in [6.07, 6.45) is 1.64. The molecule has 1 heterocycles. The third-order valence-corrected chi connectivity index (χ3v) is 4.95. The van der Waals surface area contributed by atoms with Gasteiger partial charge in [-0.1, -0.05) is 36.5 Å². The van der Waals surface area contributed by atoms with E-state index in [-0.39, 0.29) is 11.4 Å². The van der Waals surface area contributed by atoms with Gasteiger partial charge in [0, 0.05) is 12.1 Å². The van der Waals surface area contributed by atoms with E-state index >= 15 is 0 Å². The van der Waals surface area contributed by atoms with E-state index in [0.717, 1.165) is 18.5 Å². The van der Waals surface area contributed by atoms with Crippen molar-refractivity contribution in [2.45, 2.75) is 19.8 Å². The number of benzene rings is 2. The number of carbonyl (C=O) groups excluding carboxylic acids is 1. The first kappa shape index (κ1) is 21.0. The number of esters is 1. The Bertz CT molecular complexity index is 1030. The molecule has 0 saturated heterocycles. The quantitative estimate of drug-likeness (QED) is 0.467. The maximum absolute atomic E-state index is 12.8. The number of carbonyl (C=O) groups is 1. The summed E-state index contributed by atoms with van der Waals surface area (Å²) in [5.74, 6) is 0.622. The molecule has 0 saturated carbocycles. The molecule has 0 bridgehead atoms. The van der Waals surface area contributed by atoms with Gasteiger partial charge in [-0.05, 0) is 36.8 Å². The number of ether oxygens (including phenoxy) is 3. The lowest BCUT2D eigenvalue weighted by molar-refractivity contribution is 0.0719. The number of hydrogen-bond acceptors (Lipinski definition) is 5. The van der Waals surface area contributed by atoms with Gasteiger partial charge in [-0.15, -0.1) is 0 Å². The molecule has 2 aromatic carbocycles. The van der Waals surface area contributed by atoms with Crippen LogP contribution in [-0.4, -0.2) is 30.0 Å². The van der Waals surface area contributed by atoms with Gasteiger partial charge in [0.1, 0.15) is 17.1 Å². The molecule has 1 aromatic heterocycles. The highest BCUT2D eigenvalue weighted by Crippen LogP contribution is 2.29. The Morgan fingerprint density at radius 2 is 1.83 bits per heavy atom. The summed E-state index contributed by atoms with van der Waals surface area (Å²) in [6, 6.07) is 11.7. The third-order valence-electron chi connectivity index (χ3n) is 4.21. The summed E-state index contributed by atoms with van der Waals surface area (Å²) >= 11 is 12.2. The van der Waals surface area contributed by atoms with Crippen LogP contribution in [0.2, 0.25) is 10.0 Å². The molecular weight excluding hydrogens is 415 g/mol. The molecule has 8 heteroatoms. The highest BCUT2D eigenvalue weighted by molar-refractivity contribution is 6.42. The lowest BCUT2D eigenvalue weighted by atomic mass is 10.2. The van der Waals surface area contributed by atoms with Crippen molar-refractivity contribution < 1.29 is 19.0 Å². The van der Waals surface area contributed by atoms with Gasteiger partial charge in [-0.3, -0.25) is 0 Å². The van der Waals surface area contributed by atoms with Crippen molar-refractivity contribution in [3.63, 3.8) is 0 Å². The fourth-order valence-corrected chi connectivity index (χ4v) is 3.07. The van der Waals surface area contributed by atoms with E-state index in [0.29, 0.717) is 27.2 Å². The second-order valence-corrected chi connectivity index (χ2v) is 7.00. The van der Waals surface area contributed by atoms with E-state index in [9.17, 15) is 4.79 Å². The van der Waals surface area contributed by atoms with Crippen LogP contribution in [-0.2, 0) is 6.42 Å². The Hall–Kier alpha value is -2.70. The molecule has 3 aromatic rings. The first-order chi connectivity index (χ1) is 14.0. The molecule has 3 rings (SSSR count). The zero-order valence-corrected chi connectivity index (χ0v) is 17.8. The molecule has 0 fully saturated rings. The summed E-state index contributed by atoms with van der Waals surface area (Å²) < 4.78 is 17.7. The number of aryl methyl sites for hydroxylation is 1. The topological polar surface area (TPSA) is 62.6 Å². The van der Waals surface area contributed by atoms with Crippen LogP contribution in [0.5, 0.6) is 17.4 Å². The van der Waals surface area contributed by atoms with Gasteiger partial charge >= 0.3 is 5.97 Å². The molecule has 29 heavy (non-hydrogen) atoms. The molecule has 0 atom stereocenters. The van der Waals surface area contributed by atoms with Crippen molar-refractivity contribution in [1.82, 2.24) is 9.78 Å². The van der Waals surface area contributed by atoms with Crippen molar-refractivity contribution in [3.05, 3.63) is 63.8 Å². The summed E-state index contributed by atoms with van der Waals surface area (Å²) in [4.78, 5) is 12.8. The predicted molar refractivity (Wildman–Crippen MR) is 112 cm³/mol. The first-order valence-electron chi connectivity index (χ1n) is 8.95. The summed E-state index contributed by atoms with van der Waals surface area (Å²) in [7, 11) is 3.02. The Kier molecular flexibility index (Phi) is 6.67. The number of halogens is 2. The molecule has 0 aliphatic carbocycles. The number of nitrogens with zero attached hydrogens (tertiary/aromatic N) is 2. The maximum atomic E-state index is 12.8. The van der Waals surface area contributed by atoms with Gasteiger partial charge in [-0.25, -0.2) is 9.48 Å². The predicted octanol–water partition coefficient (Wildman–Crippen LogP) is 5.37. The Morgan fingerprint density at radius 3 is 2.48 bits per heavy atom. The van der Waals surface area contributed by atoms with Crippen molar-refractivity contribution in [2.75, 3.05) is 14.2 Å². The molecule has 0 aliphatic rings. The van der Waals surface area contributed by atoms with Crippen molar-refractivity contribution >= 4 is 29.2 Å². The summed E-state index contributed by atoms with van der Waals surface area (Å²) in [6.45, 7) is 2.05. The van der Waals surface area contributed by atoms with Crippen molar-refractivity contribution in [1.29, 1.82) is 0 Å². The normalized spacial score (nSPS) is 10.7. The minimum Gasteiger partial charge on any atom is -0.497 e. The molecule has 152 valence electrons. The average molecular weight is 435 g/mol. The molecule has 0 amide bonds. The van der Waals surface area contributed by atoms with Crippen molar-refractivity contribution in [2.24, 2.45) is 0 Å². The van der Waals surface area contributed by atoms with Gasteiger partial charge in [0.15, 0.2) is 0 Å². The van der Waals surface area contributed by atoms with Crippen LogP contribution in [0, 0.1) is 0 Å². The van der Waals surface area contributed by atoms with Crippen LogP contribution in [0.25, 0.3) is 5.69 Å². The minimum absolute atomic E-state index is 0.271. The number of hydrogen-bond donors (Lipinski definition) is 0. The molecule has 0 aliphatic heterocycles. The monoisotopic (exact) mass is 434 g/mol. The lowest BCUT2D eigenvalue weighted by Gasteiger charge is -2.11. The molecule has 0 spiro atoms. The van der Waals surface area contributed by atoms with Crippen molar-refractivity contribution in [3.8, 4) is 23.1 Å². The van der Waals surface area contributed by atoms with Crippen LogP contribution < -0.4 is 14.2 Å². The zero-order chi connectivity index (χ0) is 21.0. The summed E-state index contributed by atoms with van der Waals surface area (Å²) in [5.41, 5.74) is 1.70. The molecule has 6 nitrogen and oxygen atoms in total. The lowest BCUT2D eigenvalue weighted by Crippen LogP contribution is -2.13. The Labute approximate surface area is 178 Å². The number of aromatic nitrogens is 2. The van der Waals surface area contributed by atoms with Crippen LogP contribution in [0.15, 0.2) is 42.5 Å². The maximum Gasteiger partial charge on any atom is 0.348 e. The molecule has 0 unspecified atom stereocenters. The molecule has 0 radical (unpaired) electrons. The van der Waals surface area contributed by atoms with Gasteiger partial charge in [-0.2, -0.15) is 5.10 Å². The van der Waals surface area contributed by atoms with E-state index in [1.807, 2.05) is 6.92 Å². The van der Waals surface area contributed by atoms with Crippen LogP contribution in [0.1, 0.15) is 29.4 Å². The number of rotatable bonds is 7. The van der Waals surface area contributed by atoms with E-state index < -0.39 is 5.97 Å². The third kappa shape index (κ3) is 4.66. The van der Waals surface area contributed by atoms with Crippen LogP contribution in [0.3, 0.4) is 0 Å². The first-order valence-corrected chi connectivity index (χ1v) is 9.71. The largest absolute Gasteiger partial charge is 0.497 e. The average Bonchev–Trinajstić information content (AvgIpc) is 3.11. The van der Waals surface area contributed by atoms with Gasteiger partial charge < -0.3 is 14.2 Å². The fraction of sp³-hybridized carbons (Fsp3) is 0.238. The van der Waals surface area contributed by atoms with Gasteiger partial charge in [0.25, 0.3) is 0 Å². The second-order valence-electron chi connectivity index (χ2n) is 6.19. The molecule has 0 N–H and O–H groups in total. The van der Waals surface area contributed by atoms with Crippen LogP contribution >= 0.6 is 23.2 Å². The van der Waals surface area contributed by atoms with E-state index in [1.54, 1.807) is 42.5 Å². The van der Waals surface area contributed by atoms with Gasteiger partial charge in [0.2, 0.25) is 5.88 Å². The summed E-state index contributed by atoms with van der Waals surface area (Å²) in [5, 5.41) is 5.35. The van der Waals surface area contributed by atoms with E-state index in [4.69, 9.17) is 37.4 Å². The second kappa shape index (κ2) is 9.20. The van der Waals surface area contributed by atoms with E-state index in [1.165, 1.54) is 18.9 Å². The highest BCUT2D eigenvalue weighted by Gasteiger charge is 2.20. The smallest absolute Gasteiger partial charge is 0.348 e. The molecular formula is C21H20Cl2N2O4. The fourth-order valence-electron chi connectivity index (χ4n) is 2.78. The Balaban J connectivity index is 1.98.